The lowest BCUT2D eigenvalue weighted by molar-refractivity contribution is -0.378. The van der Waals surface area contributed by atoms with Crippen LogP contribution in [0.1, 0.15) is 99.8 Å². The Labute approximate surface area is 329 Å². The van der Waals surface area contributed by atoms with Gasteiger partial charge in [0.2, 0.25) is 0 Å². The van der Waals surface area contributed by atoms with Crippen LogP contribution in [0.25, 0.3) is 0 Å². The number of carboxylic acids is 1. The Kier molecular flexibility index (Phi) is 10.9. The van der Waals surface area contributed by atoms with Gasteiger partial charge in [-0.25, -0.2) is 0 Å². The van der Waals surface area contributed by atoms with Gasteiger partial charge in [0, 0.05) is 0 Å². The summed E-state index contributed by atoms with van der Waals surface area (Å²) in [6.45, 7) is 14.1. The van der Waals surface area contributed by atoms with E-state index in [9.17, 15) is 50.8 Å². The van der Waals surface area contributed by atoms with Gasteiger partial charge in [0.25, 0.3) is 0 Å². The second kappa shape index (κ2) is 14.3. The van der Waals surface area contributed by atoms with E-state index in [0.717, 1.165) is 32.1 Å². The van der Waals surface area contributed by atoms with Crippen LogP contribution in [0.15, 0.2) is 23.3 Å². The summed E-state index contributed by atoms with van der Waals surface area (Å²) in [5, 5.41) is 94.7. The van der Waals surface area contributed by atoms with Crippen molar-refractivity contribution in [1.82, 2.24) is 0 Å². The number of aliphatic carboxylic acids is 1. The molecule has 56 heavy (non-hydrogen) atoms. The summed E-state index contributed by atoms with van der Waals surface area (Å²) in [4.78, 5) is 12.5. The number of hydrogen-bond acceptors (Lipinski definition) is 13. The minimum atomic E-state index is -1.76. The zero-order chi connectivity index (χ0) is 41.1. The average molecular weight is 795 g/mol. The molecule has 2 heterocycles. The number of fused-ring (bicyclic) bond motifs is 6. The van der Waals surface area contributed by atoms with Crippen molar-refractivity contribution in [3.05, 3.63) is 23.3 Å². The molecule has 5 aliphatic carbocycles. The fraction of sp³-hybridized carbons (Fsp3) is 0.881. The predicted octanol–water partition coefficient (Wildman–Crippen LogP) is 1.77. The van der Waals surface area contributed by atoms with Crippen LogP contribution in [0.4, 0.5) is 0 Å². The number of carboxylic acid groups (broad SMARTS) is 1. The molecule has 0 bridgehead atoms. The summed E-state index contributed by atoms with van der Waals surface area (Å²) >= 11 is 0. The van der Waals surface area contributed by atoms with Gasteiger partial charge in [-0.05, 0) is 103 Å². The maximum atomic E-state index is 12.5. The minimum Gasteiger partial charge on any atom is -0.481 e. The molecular formula is C42H66O14. The quantitative estimate of drug-likeness (QED) is 0.167. The molecule has 14 nitrogen and oxygen atoms in total. The smallest absolute Gasteiger partial charge is 0.312 e. The molecule has 0 radical (unpaired) electrons. The van der Waals surface area contributed by atoms with Crippen LogP contribution < -0.4 is 0 Å². The Bertz CT molecular complexity index is 1580. The summed E-state index contributed by atoms with van der Waals surface area (Å²) in [7, 11) is 0. The lowest BCUT2D eigenvalue weighted by atomic mass is 9.35. The highest BCUT2D eigenvalue weighted by Gasteiger charge is 2.68. The Morgan fingerprint density at radius 1 is 0.768 bits per heavy atom. The first-order valence-electron chi connectivity index (χ1n) is 20.6. The number of hydrogen-bond donors (Lipinski definition) is 9. The molecule has 2 saturated heterocycles. The van der Waals surface area contributed by atoms with E-state index in [2.05, 4.69) is 53.7 Å². The van der Waals surface area contributed by atoms with Crippen LogP contribution >= 0.6 is 0 Å². The molecule has 7 aliphatic rings. The molecule has 0 unspecified atom stereocenters. The van der Waals surface area contributed by atoms with Crippen LogP contribution in [-0.2, 0) is 23.7 Å². The summed E-state index contributed by atoms with van der Waals surface area (Å²) in [6.07, 6.45) is -6.00. The maximum absolute atomic E-state index is 12.5. The van der Waals surface area contributed by atoms with E-state index in [1.807, 2.05) is 0 Å². The molecule has 0 aromatic rings. The highest BCUT2D eigenvalue weighted by Crippen LogP contribution is 2.74. The first-order valence-corrected chi connectivity index (χ1v) is 20.6. The summed E-state index contributed by atoms with van der Waals surface area (Å²) < 4.78 is 24.4. The van der Waals surface area contributed by atoms with Crippen LogP contribution in [0.5, 0.6) is 0 Å². The Morgan fingerprint density at radius 2 is 1.39 bits per heavy atom. The highest BCUT2D eigenvalue weighted by atomic mass is 16.8. The molecule has 9 N–H and O–H groups in total. The molecule has 2 aliphatic heterocycles. The first-order chi connectivity index (χ1) is 26.0. The number of aliphatic hydroxyl groups excluding tert-OH is 8. The standard InChI is InChI=1S/C42H66O14/c1-37(2)24-10-13-42(7)25(9-8-20-21-16-40(5,36(51)52)26(45)17-38(21,3)14-15-41(20,42)6)39(24,4)12-11-27(37)55-35-33(31(49)29(47)23(19-44)54-35)56-34-32(50)30(48)28(46)22(18-43)53-34/h8-9,22-35,43-50H,10-19H2,1-7H3,(H,51,52)/t22-,23-,24+,25-,26-,27+,28-,29-,30+,31+,32-,33-,34+,35+,38+,39+,40+,41-,42-/m1/s1. The minimum absolute atomic E-state index is 0.123. The SMILES string of the molecule is CC1(C)[C@@H](O[C@@H]2O[C@H](CO)[C@@H](O)[C@H](O)[C@H]2O[C@@H]2O[C@H](CO)[C@@H](O)[C@H](O)[C@H]2O)CC[C@]2(C)[C@H]3C=CC4=C5C[C@](C)(C(=O)O)[C@H](O)C[C@]5(C)CC[C@@]4(C)[C@]3(C)CC[C@@H]12. The number of carbonyl (C=O) groups is 1. The maximum Gasteiger partial charge on any atom is 0.312 e. The van der Waals surface area contributed by atoms with Crippen LogP contribution in [-0.4, -0.2) is 139 Å². The third-order valence-electron chi connectivity index (χ3n) is 17.0. The molecule has 0 spiro atoms. The van der Waals surface area contributed by atoms with E-state index in [-0.39, 0.29) is 33.5 Å². The molecule has 0 amide bonds. The predicted molar refractivity (Wildman–Crippen MR) is 199 cm³/mol. The van der Waals surface area contributed by atoms with Gasteiger partial charge in [-0.3, -0.25) is 4.79 Å². The zero-order valence-corrected chi connectivity index (χ0v) is 33.9. The fourth-order valence-corrected chi connectivity index (χ4v) is 13.0. The Balaban J connectivity index is 1.17. The van der Waals surface area contributed by atoms with Crippen molar-refractivity contribution < 1.29 is 69.7 Å². The van der Waals surface area contributed by atoms with Crippen LogP contribution in [0, 0.1) is 44.3 Å². The molecule has 318 valence electrons. The molecule has 3 saturated carbocycles. The van der Waals surface area contributed by atoms with Gasteiger partial charge < -0.3 is 64.9 Å². The molecule has 0 aromatic carbocycles. The molecule has 7 rings (SSSR count). The van der Waals surface area contributed by atoms with Gasteiger partial charge in [0.15, 0.2) is 12.6 Å². The molecule has 14 heteroatoms. The average Bonchev–Trinajstić information content (AvgIpc) is 3.13. The lowest BCUT2D eigenvalue weighted by Crippen LogP contribution is -2.66. The second-order valence-corrected chi connectivity index (χ2v) is 20.2. The Hall–Kier alpha value is -1.53. The number of allylic oxidation sites excluding steroid dienone is 4. The van der Waals surface area contributed by atoms with Crippen molar-refractivity contribution in [2.45, 2.75) is 173 Å². The summed E-state index contributed by atoms with van der Waals surface area (Å²) in [5.41, 5.74) is 0.0162. The largest absolute Gasteiger partial charge is 0.481 e. The van der Waals surface area contributed by atoms with Gasteiger partial charge >= 0.3 is 5.97 Å². The van der Waals surface area contributed by atoms with Gasteiger partial charge in [0.05, 0.1) is 30.8 Å². The monoisotopic (exact) mass is 794 g/mol. The Morgan fingerprint density at radius 3 is 2.02 bits per heavy atom. The van der Waals surface area contributed by atoms with Crippen molar-refractivity contribution in [2.75, 3.05) is 13.2 Å². The van der Waals surface area contributed by atoms with Crippen LogP contribution in [0.3, 0.4) is 0 Å². The van der Waals surface area contributed by atoms with Crippen LogP contribution in [0.2, 0.25) is 0 Å². The van der Waals surface area contributed by atoms with E-state index >= 15 is 0 Å². The summed E-state index contributed by atoms with van der Waals surface area (Å²) in [6, 6.07) is 0. The van der Waals surface area contributed by atoms with E-state index in [1.165, 1.54) is 11.1 Å². The fourth-order valence-electron chi connectivity index (χ4n) is 13.0. The van der Waals surface area contributed by atoms with Gasteiger partial charge in [-0.1, -0.05) is 59.3 Å². The first kappa shape index (κ1) is 42.6. The normalized spacial score (nSPS) is 54.1. The number of rotatable bonds is 7. The third kappa shape index (κ3) is 6.06. The van der Waals surface area contributed by atoms with Gasteiger partial charge in [-0.2, -0.15) is 0 Å². The van der Waals surface area contributed by atoms with Crippen molar-refractivity contribution >= 4 is 5.97 Å². The van der Waals surface area contributed by atoms with E-state index in [4.69, 9.17) is 18.9 Å². The van der Waals surface area contributed by atoms with Gasteiger partial charge in [-0.15, -0.1) is 0 Å². The van der Waals surface area contributed by atoms with E-state index < -0.39 is 104 Å². The van der Waals surface area contributed by atoms with Crippen molar-refractivity contribution in [3.63, 3.8) is 0 Å². The van der Waals surface area contributed by atoms with Crippen molar-refractivity contribution in [3.8, 4) is 0 Å². The molecular weight excluding hydrogens is 728 g/mol. The number of ether oxygens (including phenoxy) is 4. The molecule has 5 fully saturated rings. The van der Waals surface area contributed by atoms with Gasteiger partial charge in [0.1, 0.15) is 48.8 Å². The summed E-state index contributed by atoms with van der Waals surface area (Å²) in [5.74, 6) is -0.578. The zero-order valence-electron chi connectivity index (χ0n) is 33.9. The second-order valence-electron chi connectivity index (χ2n) is 20.2. The van der Waals surface area contributed by atoms with Crippen molar-refractivity contribution in [1.29, 1.82) is 0 Å². The van der Waals surface area contributed by atoms with E-state index in [0.29, 0.717) is 19.3 Å². The van der Waals surface area contributed by atoms with E-state index in [1.54, 1.807) is 6.92 Å². The lowest BCUT2D eigenvalue weighted by Gasteiger charge is -2.69. The third-order valence-corrected chi connectivity index (χ3v) is 17.0. The van der Waals surface area contributed by atoms with Crippen molar-refractivity contribution in [2.24, 2.45) is 44.3 Å². The number of aliphatic hydroxyl groups is 8. The highest BCUT2D eigenvalue weighted by molar-refractivity contribution is 5.76. The topological polar surface area (TPSA) is 236 Å². The molecule has 0 aromatic heterocycles. The molecule has 19 atom stereocenters.